The number of hydrogen-bond acceptors (Lipinski definition) is 3. The summed E-state index contributed by atoms with van der Waals surface area (Å²) in [6.07, 6.45) is 5.28. The Labute approximate surface area is 124 Å². The maximum atomic E-state index is 9.52. The summed E-state index contributed by atoms with van der Waals surface area (Å²) in [6.45, 7) is 11.6. The first-order valence-electron chi connectivity index (χ1n) is 8.14. The average molecular weight is 283 g/mol. The van der Waals surface area contributed by atoms with Crippen LogP contribution in [0.1, 0.15) is 60.3 Å². The number of ether oxygens (including phenoxy) is 1. The van der Waals surface area contributed by atoms with Gasteiger partial charge >= 0.3 is 0 Å². The predicted molar refractivity (Wildman–Crippen MR) is 82.7 cm³/mol. The molecule has 0 aromatic rings. The second-order valence-electron chi connectivity index (χ2n) is 8.22. The molecular weight excluding hydrogens is 250 g/mol. The van der Waals surface area contributed by atoms with Crippen molar-refractivity contribution < 1.29 is 9.84 Å². The fourth-order valence-electron chi connectivity index (χ4n) is 4.54. The third-order valence-electron chi connectivity index (χ3n) is 6.80. The van der Waals surface area contributed by atoms with Gasteiger partial charge in [0.05, 0.1) is 18.8 Å². The minimum Gasteiger partial charge on any atom is -0.394 e. The third kappa shape index (κ3) is 2.42. The van der Waals surface area contributed by atoms with E-state index < -0.39 is 0 Å². The van der Waals surface area contributed by atoms with Crippen molar-refractivity contribution in [2.75, 3.05) is 13.7 Å². The Kier molecular flexibility index (Phi) is 4.27. The lowest BCUT2D eigenvalue weighted by atomic mass is 9.70. The zero-order chi connectivity index (χ0) is 15.2. The van der Waals surface area contributed by atoms with E-state index in [1.165, 1.54) is 19.3 Å². The topological polar surface area (TPSA) is 41.5 Å². The second-order valence-corrected chi connectivity index (χ2v) is 8.22. The third-order valence-corrected chi connectivity index (χ3v) is 6.80. The number of aliphatic hydroxyl groups excluding tert-OH is 1. The lowest BCUT2D eigenvalue weighted by Crippen LogP contribution is -2.47. The Hall–Kier alpha value is -0.120. The Morgan fingerprint density at radius 3 is 2.45 bits per heavy atom. The van der Waals surface area contributed by atoms with Crippen LogP contribution in [0.15, 0.2) is 0 Å². The molecule has 2 aliphatic carbocycles. The van der Waals surface area contributed by atoms with Crippen molar-refractivity contribution in [2.24, 2.45) is 16.7 Å². The van der Waals surface area contributed by atoms with Gasteiger partial charge in [0.15, 0.2) is 0 Å². The van der Waals surface area contributed by atoms with E-state index in [2.05, 4.69) is 39.9 Å². The normalized spacial score (nSPS) is 39.8. The molecule has 2 fully saturated rings. The fourth-order valence-corrected chi connectivity index (χ4v) is 4.54. The van der Waals surface area contributed by atoms with Crippen LogP contribution in [0, 0.1) is 16.7 Å². The van der Waals surface area contributed by atoms with Gasteiger partial charge in [-0.1, -0.05) is 20.8 Å². The van der Waals surface area contributed by atoms with Crippen LogP contribution in [0.3, 0.4) is 0 Å². The molecule has 2 N–H and O–H groups in total. The first-order chi connectivity index (χ1) is 9.18. The summed E-state index contributed by atoms with van der Waals surface area (Å²) in [4.78, 5) is 0. The molecule has 2 aliphatic rings. The number of fused-ring (bicyclic) bond motifs is 2. The molecule has 0 aromatic carbocycles. The standard InChI is InChI=1S/C17H33NO2/c1-12(10-16(4,11-19)18-6)20-14-9-13-7-8-17(14,5)15(13,2)3/h12-14,18-19H,7-11H2,1-6H3. The predicted octanol–water partition coefficient (Wildman–Crippen LogP) is 2.97. The number of likely N-dealkylation sites (N-methyl/N-ethyl adjacent to an activating group) is 1. The SMILES string of the molecule is CNC(C)(CO)CC(C)OC1CC2CCC1(C)C2(C)C. The minimum atomic E-state index is -0.243. The molecular formula is C17H33NO2. The average Bonchev–Trinajstić information content (AvgIpc) is 2.71. The molecule has 0 aromatic heterocycles. The molecule has 20 heavy (non-hydrogen) atoms. The van der Waals surface area contributed by atoms with Crippen molar-refractivity contribution in [1.29, 1.82) is 0 Å². The van der Waals surface area contributed by atoms with E-state index in [1.54, 1.807) is 0 Å². The van der Waals surface area contributed by atoms with Gasteiger partial charge in [-0.2, -0.15) is 0 Å². The van der Waals surface area contributed by atoms with Gasteiger partial charge in [0.25, 0.3) is 0 Å². The van der Waals surface area contributed by atoms with Crippen LogP contribution < -0.4 is 5.32 Å². The Balaban J connectivity index is 1.98. The second kappa shape index (κ2) is 5.26. The molecule has 118 valence electrons. The molecule has 5 atom stereocenters. The lowest BCUT2D eigenvalue weighted by Gasteiger charge is -2.41. The molecule has 0 amide bonds. The van der Waals surface area contributed by atoms with Crippen molar-refractivity contribution in [1.82, 2.24) is 5.32 Å². The number of aliphatic hydroxyl groups is 1. The maximum Gasteiger partial charge on any atom is 0.0640 e. The monoisotopic (exact) mass is 283 g/mol. The highest BCUT2D eigenvalue weighted by molar-refractivity contribution is 5.11. The Morgan fingerprint density at radius 1 is 1.40 bits per heavy atom. The zero-order valence-electron chi connectivity index (χ0n) is 14.1. The number of hydrogen-bond donors (Lipinski definition) is 2. The summed E-state index contributed by atoms with van der Waals surface area (Å²) >= 11 is 0. The van der Waals surface area contributed by atoms with Gasteiger partial charge in [-0.05, 0) is 63.3 Å². The largest absolute Gasteiger partial charge is 0.394 e. The molecule has 0 aliphatic heterocycles. The van der Waals surface area contributed by atoms with E-state index in [-0.39, 0.29) is 18.2 Å². The molecule has 2 saturated carbocycles. The molecule has 0 spiro atoms. The van der Waals surface area contributed by atoms with Gasteiger partial charge < -0.3 is 15.2 Å². The van der Waals surface area contributed by atoms with Gasteiger partial charge in [-0.3, -0.25) is 0 Å². The first kappa shape index (κ1) is 16.3. The van der Waals surface area contributed by atoms with Crippen LogP contribution in [0.5, 0.6) is 0 Å². The van der Waals surface area contributed by atoms with Crippen LogP contribution in [0.4, 0.5) is 0 Å². The van der Waals surface area contributed by atoms with E-state index >= 15 is 0 Å². The van der Waals surface area contributed by atoms with E-state index in [1.807, 2.05) is 7.05 Å². The van der Waals surface area contributed by atoms with E-state index in [0.29, 0.717) is 16.9 Å². The fraction of sp³-hybridized carbons (Fsp3) is 1.00. The van der Waals surface area contributed by atoms with Gasteiger partial charge in [-0.25, -0.2) is 0 Å². The van der Waals surface area contributed by atoms with Crippen LogP contribution in [-0.2, 0) is 4.74 Å². The quantitative estimate of drug-likeness (QED) is 0.787. The van der Waals surface area contributed by atoms with Crippen LogP contribution in [0.2, 0.25) is 0 Å². The van der Waals surface area contributed by atoms with Crippen molar-refractivity contribution in [3.05, 3.63) is 0 Å². The number of nitrogens with one attached hydrogen (secondary N) is 1. The summed E-state index contributed by atoms with van der Waals surface area (Å²) in [5.74, 6) is 0.818. The summed E-state index contributed by atoms with van der Waals surface area (Å²) in [6, 6.07) is 0. The zero-order valence-corrected chi connectivity index (χ0v) is 14.1. The minimum absolute atomic E-state index is 0.146. The van der Waals surface area contributed by atoms with Gasteiger partial charge in [0.1, 0.15) is 0 Å². The van der Waals surface area contributed by atoms with Crippen molar-refractivity contribution in [3.63, 3.8) is 0 Å². The van der Waals surface area contributed by atoms with E-state index in [0.717, 1.165) is 12.3 Å². The highest BCUT2D eigenvalue weighted by atomic mass is 16.5. The van der Waals surface area contributed by atoms with Gasteiger partial charge in [-0.15, -0.1) is 0 Å². The van der Waals surface area contributed by atoms with Gasteiger partial charge in [0, 0.05) is 5.54 Å². The highest BCUT2D eigenvalue weighted by Crippen LogP contribution is 2.66. The highest BCUT2D eigenvalue weighted by Gasteiger charge is 2.62. The molecule has 0 saturated heterocycles. The smallest absolute Gasteiger partial charge is 0.0640 e. The van der Waals surface area contributed by atoms with Gasteiger partial charge in [0.2, 0.25) is 0 Å². The molecule has 2 bridgehead atoms. The summed E-state index contributed by atoms with van der Waals surface area (Å²) in [5, 5.41) is 12.7. The van der Waals surface area contributed by atoms with E-state index in [9.17, 15) is 5.11 Å². The Morgan fingerprint density at radius 2 is 2.05 bits per heavy atom. The molecule has 5 unspecified atom stereocenters. The van der Waals surface area contributed by atoms with E-state index in [4.69, 9.17) is 4.74 Å². The van der Waals surface area contributed by atoms with Crippen LogP contribution >= 0.6 is 0 Å². The molecule has 0 heterocycles. The van der Waals surface area contributed by atoms with Crippen LogP contribution in [0.25, 0.3) is 0 Å². The molecule has 0 radical (unpaired) electrons. The summed E-state index contributed by atoms with van der Waals surface area (Å²) < 4.78 is 6.43. The van der Waals surface area contributed by atoms with Crippen molar-refractivity contribution >= 4 is 0 Å². The summed E-state index contributed by atoms with van der Waals surface area (Å²) in [7, 11) is 1.91. The lowest BCUT2D eigenvalue weighted by molar-refractivity contribution is -0.0903. The van der Waals surface area contributed by atoms with Crippen molar-refractivity contribution in [2.45, 2.75) is 78.0 Å². The maximum absolute atomic E-state index is 9.52. The molecule has 2 rings (SSSR count). The summed E-state index contributed by atoms with van der Waals surface area (Å²) in [5.41, 5.74) is 0.481. The molecule has 3 heteroatoms. The number of rotatable bonds is 6. The first-order valence-corrected chi connectivity index (χ1v) is 8.14. The van der Waals surface area contributed by atoms with Crippen LogP contribution in [-0.4, -0.2) is 36.5 Å². The Bertz CT molecular complexity index is 351. The molecule has 3 nitrogen and oxygen atoms in total. The van der Waals surface area contributed by atoms with Crippen molar-refractivity contribution in [3.8, 4) is 0 Å².